The van der Waals surface area contributed by atoms with Gasteiger partial charge in [-0.15, -0.1) is 0 Å². The zero-order chi connectivity index (χ0) is 12.3. The lowest BCUT2D eigenvalue weighted by Gasteiger charge is -2.15. The first kappa shape index (κ1) is 12.0. The van der Waals surface area contributed by atoms with E-state index >= 15 is 0 Å². The first-order chi connectivity index (χ1) is 8.15. The van der Waals surface area contributed by atoms with Crippen LogP contribution >= 0.6 is 0 Å². The lowest BCUT2D eigenvalue weighted by Crippen LogP contribution is -2.36. The molecule has 3 nitrogen and oxygen atoms in total. The van der Waals surface area contributed by atoms with Crippen molar-refractivity contribution in [2.45, 2.75) is 20.3 Å². The van der Waals surface area contributed by atoms with Gasteiger partial charge in [-0.1, -0.05) is 29.3 Å². The van der Waals surface area contributed by atoms with Crippen molar-refractivity contribution in [1.82, 2.24) is 10.2 Å². The molecule has 1 aliphatic heterocycles. The molecule has 1 aromatic carbocycles. The van der Waals surface area contributed by atoms with Crippen LogP contribution in [0.15, 0.2) is 23.2 Å². The zero-order valence-electron chi connectivity index (χ0n) is 11.0. The number of hydrogen-bond acceptors (Lipinski definition) is 3. The fourth-order valence-electron chi connectivity index (χ4n) is 2.26. The van der Waals surface area contributed by atoms with E-state index < -0.39 is 0 Å². The van der Waals surface area contributed by atoms with E-state index in [1.165, 1.54) is 16.7 Å². The Kier molecular flexibility index (Phi) is 3.67. The number of rotatable bonds is 3. The van der Waals surface area contributed by atoms with Gasteiger partial charge in [-0.25, -0.2) is 0 Å². The average Bonchev–Trinajstić information content (AvgIpc) is 2.63. The van der Waals surface area contributed by atoms with Gasteiger partial charge in [0.15, 0.2) is 5.96 Å². The number of hydrogen-bond donors (Lipinski definition) is 1. The summed E-state index contributed by atoms with van der Waals surface area (Å²) in [5.74, 6) is 1.04. The molecule has 0 radical (unpaired) electrons. The molecule has 2 rings (SSSR count). The van der Waals surface area contributed by atoms with E-state index in [1.807, 2.05) is 0 Å². The van der Waals surface area contributed by atoms with Crippen LogP contribution in [0.4, 0.5) is 0 Å². The molecule has 3 heteroatoms. The largest absolute Gasteiger partial charge is 0.356 e. The van der Waals surface area contributed by atoms with E-state index in [4.69, 9.17) is 0 Å². The van der Waals surface area contributed by atoms with Gasteiger partial charge in [-0.2, -0.15) is 0 Å². The third-order valence-electron chi connectivity index (χ3n) is 3.04. The van der Waals surface area contributed by atoms with Gasteiger partial charge >= 0.3 is 0 Å². The van der Waals surface area contributed by atoms with Crippen molar-refractivity contribution < 1.29 is 0 Å². The molecule has 0 aromatic heterocycles. The SMILES string of the molecule is Cc1cc(C)cc(CCNC2=NCCN2C)c1. The Morgan fingerprint density at radius 2 is 1.94 bits per heavy atom. The molecular formula is C14H21N3. The maximum absolute atomic E-state index is 4.41. The van der Waals surface area contributed by atoms with Crippen molar-refractivity contribution >= 4 is 5.96 Å². The van der Waals surface area contributed by atoms with Crippen molar-refractivity contribution in [2.24, 2.45) is 4.99 Å². The second-order valence-corrected chi connectivity index (χ2v) is 4.80. The highest BCUT2D eigenvalue weighted by atomic mass is 15.3. The second kappa shape index (κ2) is 5.21. The van der Waals surface area contributed by atoms with Gasteiger partial charge < -0.3 is 10.2 Å². The summed E-state index contributed by atoms with van der Waals surface area (Å²) >= 11 is 0. The molecule has 0 unspecified atom stereocenters. The summed E-state index contributed by atoms with van der Waals surface area (Å²) in [5.41, 5.74) is 4.09. The van der Waals surface area contributed by atoms with Crippen LogP contribution in [0.2, 0.25) is 0 Å². The molecule has 0 saturated heterocycles. The molecule has 0 fully saturated rings. The fourth-order valence-corrected chi connectivity index (χ4v) is 2.26. The van der Waals surface area contributed by atoms with Gasteiger partial charge in [-0.3, -0.25) is 4.99 Å². The monoisotopic (exact) mass is 231 g/mol. The van der Waals surface area contributed by atoms with Crippen molar-refractivity contribution in [3.8, 4) is 0 Å². The molecular weight excluding hydrogens is 210 g/mol. The van der Waals surface area contributed by atoms with Gasteiger partial charge in [0.05, 0.1) is 6.54 Å². The first-order valence-corrected chi connectivity index (χ1v) is 6.22. The van der Waals surface area contributed by atoms with E-state index in [-0.39, 0.29) is 0 Å². The number of likely N-dealkylation sites (N-methyl/N-ethyl adjacent to an activating group) is 1. The minimum Gasteiger partial charge on any atom is -0.356 e. The molecule has 0 atom stereocenters. The normalized spacial score (nSPS) is 15.0. The summed E-state index contributed by atoms with van der Waals surface area (Å²) in [7, 11) is 2.08. The first-order valence-electron chi connectivity index (χ1n) is 6.22. The highest BCUT2D eigenvalue weighted by molar-refractivity contribution is 5.81. The number of aryl methyl sites for hydroxylation is 2. The highest BCUT2D eigenvalue weighted by Crippen LogP contribution is 2.09. The van der Waals surface area contributed by atoms with Crippen molar-refractivity contribution in [1.29, 1.82) is 0 Å². The van der Waals surface area contributed by atoms with Crippen molar-refractivity contribution in [3.63, 3.8) is 0 Å². The van der Waals surface area contributed by atoms with Crippen LogP contribution in [-0.2, 0) is 6.42 Å². The van der Waals surface area contributed by atoms with Crippen LogP contribution in [-0.4, -0.2) is 37.5 Å². The van der Waals surface area contributed by atoms with Crippen LogP contribution in [0.1, 0.15) is 16.7 Å². The second-order valence-electron chi connectivity index (χ2n) is 4.80. The standard InChI is InChI=1S/C14H21N3/c1-11-8-12(2)10-13(9-11)4-5-15-14-16-6-7-17(14)3/h8-10H,4-7H2,1-3H3,(H,15,16). The van der Waals surface area contributed by atoms with Crippen LogP contribution in [0.3, 0.4) is 0 Å². The number of benzene rings is 1. The maximum atomic E-state index is 4.41. The van der Waals surface area contributed by atoms with Gasteiger partial charge in [-0.05, 0) is 25.8 Å². The Morgan fingerprint density at radius 3 is 2.53 bits per heavy atom. The van der Waals surface area contributed by atoms with Gasteiger partial charge in [0.25, 0.3) is 0 Å². The molecule has 0 aliphatic carbocycles. The summed E-state index contributed by atoms with van der Waals surface area (Å²) in [6.07, 6.45) is 1.05. The lowest BCUT2D eigenvalue weighted by atomic mass is 10.1. The molecule has 92 valence electrons. The third-order valence-corrected chi connectivity index (χ3v) is 3.04. The fraction of sp³-hybridized carbons (Fsp3) is 0.500. The Hall–Kier alpha value is -1.51. The van der Waals surface area contributed by atoms with E-state index in [0.29, 0.717) is 0 Å². The number of nitrogens with one attached hydrogen (secondary N) is 1. The van der Waals surface area contributed by atoms with Gasteiger partial charge in [0, 0.05) is 20.1 Å². The Labute approximate surface area is 104 Å². The molecule has 0 amide bonds. The van der Waals surface area contributed by atoms with E-state index in [9.17, 15) is 0 Å². The third kappa shape index (κ3) is 3.22. The lowest BCUT2D eigenvalue weighted by molar-refractivity contribution is 0.534. The van der Waals surface area contributed by atoms with E-state index in [1.54, 1.807) is 0 Å². The predicted molar refractivity (Wildman–Crippen MR) is 72.6 cm³/mol. The van der Waals surface area contributed by atoms with Crippen LogP contribution in [0.5, 0.6) is 0 Å². The maximum Gasteiger partial charge on any atom is 0.193 e. The summed E-state index contributed by atoms with van der Waals surface area (Å²) in [4.78, 5) is 6.58. The zero-order valence-corrected chi connectivity index (χ0v) is 11.0. The van der Waals surface area contributed by atoms with Gasteiger partial charge in [0.1, 0.15) is 0 Å². The summed E-state index contributed by atoms with van der Waals surface area (Å²) < 4.78 is 0. The van der Waals surface area contributed by atoms with E-state index in [2.05, 4.69) is 54.3 Å². The molecule has 1 aliphatic rings. The Balaban J connectivity index is 1.85. The van der Waals surface area contributed by atoms with Crippen molar-refractivity contribution in [2.75, 3.05) is 26.7 Å². The highest BCUT2D eigenvalue weighted by Gasteiger charge is 2.10. The summed E-state index contributed by atoms with van der Waals surface area (Å²) in [5, 5.41) is 3.39. The van der Waals surface area contributed by atoms with Crippen molar-refractivity contribution in [3.05, 3.63) is 34.9 Å². The average molecular weight is 231 g/mol. The van der Waals surface area contributed by atoms with E-state index in [0.717, 1.165) is 32.0 Å². The quantitative estimate of drug-likeness (QED) is 0.858. The smallest absolute Gasteiger partial charge is 0.193 e. The molecule has 1 N–H and O–H groups in total. The number of nitrogens with zero attached hydrogens (tertiary/aromatic N) is 2. The molecule has 17 heavy (non-hydrogen) atoms. The molecule has 0 spiro atoms. The molecule has 1 aromatic rings. The number of guanidine groups is 1. The van der Waals surface area contributed by atoms with Crippen LogP contribution in [0.25, 0.3) is 0 Å². The minimum atomic E-state index is 0.919. The number of aliphatic imine (C=N–C) groups is 1. The van der Waals surface area contributed by atoms with Gasteiger partial charge in [0.2, 0.25) is 0 Å². The Bertz CT molecular complexity index is 403. The van der Waals surface area contributed by atoms with Crippen LogP contribution in [0, 0.1) is 13.8 Å². The molecule has 1 heterocycles. The predicted octanol–water partition coefficient (Wildman–Crippen LogP) is 1.74. The molecule has 0 saturated carbocycles. The Morgan fingerprint density at radius 1 is 1.24 bits per heavy atom. The topological polar surface area (TPSA) is 27.6 Å². The summed E-state index contributed by atoms with van der Waals surface area (Å²) in [6, 6.07) is 6.73. The summed E-state index contributed by atoms with van der Waals surface area (Å²) in [6.45, 7) is 7.21. The molecule has 0 bridgehead atoms. The van der Waals surface area contributed by atoms with Crippen LogP contribution < -0.4 is 5.32 Å². The minimum absolute atomic E-state index is 0.919.